The SMILES string of the molecule is CC(S)N[C@@H](C)C(=O)OC1CCOCC1. The molecule has 0 radical (unpaired) electrons. The molecule has 1 N–H and O–H groups in total. The summed E-state index contributed by atoms with van der Waals surface area (Å²) in [5, 5.41) is 2.98. The molecule has 1 unspecified atom stereocenters. The monoisotopic (exact) mass is 233 g/mol. The lowest BCUT2D eigenvalue weighted by Gasteiger charge is -2.24. The van der Waals surface area contributed by atoms with Crippen LogP contribution < -0.4 is 5.32 Å². The van der Waals surface area contributed by atoms with Crippen LogP contribution in [0.4, 0.5) is 0 Å². The summed E-state index contributed by atoms with van der Waals surface area (Å²) in [6, 6.07) is -0.305. The largest absolute Gasteiger partial charge is 0.461 e. The van der Waals surface area contributed by atoms with Gasteiger partial charge in [0.15, 0.2) is 0 Å². The molecule has 1 heterocycles. The molecule has 88 valence electrons. The number of rotatable bonds is 4. The van der Waals surface area contributed by atoms with Gasteiger partial charge in [0.05, 0.1) is 13.2 Å². The molecule has 2 atom stereocenters. The van der Waals surface area contributed by atoms with Crippen molar-refractivity contribution in [2.24, 2.45) is 0 Å². The van der Waals surface area contributed by atoms with E-state index >= 15 is 0 Å². The highest BCUT2D eigenvalue weighted by molar-refractivity contribution is 7.80. The summed E-state index contributed by atoms with van der Waals surface area (Å²) in [6.07, 6.45) is 1.62. The number of ether oxygens (including phenoxy) is 2. The van der Waals surface area contributed by atoms with Crippen LogP contribution in [0.15, 0.2) is 0 Å². The Balaban J connectivity index is 2.27. The van der Waals surface area contributed by atoms with Crippen LogP contribution in [0.2, 0.25) is 0 Å². The summed E-state index contributed by atoms with van der Waals surface area (Å²) in [5.41, 5.74) is 0. The first-order chi connectivity index (χ1) is 7.09. The van der Waals surface area contributed by atoms with Crippen molar-refractivity contribution in [1.82, 2.24) is 5.32 Å². The van der Waals surface area contributed by atoms with Gasteiger partial charge >= 0.3 is 5.97 Å². The molecule has 0 spiro atoms. The van der Waals surface area contributed by atoms with Crippen LogP contribution in [0.1, 0.15) is 26.7 Å². The van der Waals surface area contributed by atoms with Gasteiger partial charge in [0.25, 0.3) is 0 Å². The summed E-state index contributed by atoms with van der Waals surface area (Å²) in [6.45, 7) is 5.03. The Morgan fingerprint density at radius 3 is 2.60 bits per heavy atom. The van der Waals surface area contributed by atoms with E-state index < -0.39 is 0 Å². The Hall–Kier alpha value is -0.260. The van der Waals surface area contributed by atoms with Gasteiger partial charge in [-0.15, -0.1) is 0 Å². The average Bonchev–Trinajstić information content (AvgIpc) is 2.18. The number of hydrogen-bond acceptors (Lipinski definition) is 5. The molecule has 5 heteroatoms. The molecule has 0 saturated carbocycles. The summed E-state index contributed by atoms with van der Waals surface area (Å²) in [7, 11) is 0. The summed E-state index contributed by atoms with van der Waals surface area (Å²) < 4.78 is 10.5. The van der Waals surface area contributed by atoms with E-state index in [0.29, 0.717) is 13.2 Å². The Labute approximate surface area is 96.1 Å². The number of nitrogens with one attached hydrogen (secondary N) is 1. The predicted molar refractivity (Wildman–Crippen MR) is 61.0 cm³/mol. The number of carbonyl (C=O) groups excluding carboxylic acids is 1. The van der Waals surface area contributed by atoms with E-state index in [0.717, 1.165) is 12.8 Å². The Morgan fingerprint density at radius 1 is 1.47 bits per heavy atom. The van der Waals surface area contributed by atoms with Crippen molar-refractivity contribution in [3.63, 3.8) is 0 Å². The zero-order chi connectivity index (χ0) is 11.3. The lowest BCUT2D eigenvalue weighted by molar-refractivity contribution is -0.155. The van der Waals surface area contributed by atoms with Crippen LogP contribution in [0, 0.1) is 0 Å². The lowest BCUT2D eigenvalue weighted by atomic mass is 10.1. The van der Waals surface area contributed by atoms with E-state index in [9.17, 15) is 4.79 Å². The number of thiol groups is 1. The highest BCUT2D eigenvalue weighted by Gasteiger charge is 2.22. The van der Waals surface area contributed by atoms with E-state index in [1.165, 1.54) is 0 Å². The van der Waals surface area contributed by atoms with Crippen LogP contribution in [-0.2, 0) is 14.3 Å². The van der Waals surface area contributed by atoms with E-state index in [1.807, 2.05) is 6.92 Å². The molecular weight excluding hydrogens is 214 g/mol. The molecule has 0 aromatic rings. The summed E-state index contributed by atoms with van der Waals surface area (Å²) in [4.78, 5) is 11.6. The fraction of sp³-hybridized carbons (Fsp3) is 0.900. The average molecular weight is 233 g/mol. The van der Waals surface area contributed by atoms with Crippen LogP contribution in [-0.4, -0.2) is 36.7 Å². The zero-order valence-electron chi connectivity index (χ0n) is 9.23. The first-order valence-electron chi connectivity index (χ1n) is 5.32. The number of carbonyl (C=O) groups is 1. The van der Waals surface area contributed by atoms with Crippen LogP contribution in [0.3, 0.4) is 0 Å². The number of esters is 1. The molecule has 1 rings (SSSR count). The van der Waals surface area contributed by atoms with Gasteiger partial charge in [-0.2, -0.15) is 12.6 Å². The molecule has 4 nitrogen and oxygen atoms in total. The summed E-state index contributed by atoms with van der Waals surface area (Å²) >= 11 is 4.16. The first-order valence-corrected chi connectivity index (χ1v) is 5.83. The van der Waals surface area contributed by atoms with Crippen molar-refractivity contribution in [3.8, 4) is 0 Å². The topological polar surface area (TPSA) is 47.6 Å². The highest BCUT2D eigenvalue weighted by atomic mass is 32.1. The second-order valence-electron chi connectivity index (χ2n) is 3.81. The third-order valence-electron chi connectivity index (χ3n) is 2.30. The lowest BCUT2D eigenvalue weighted by Crippen LogP contribution is -2.41. The van der Waals surface area contributed by atoms with Crippen molar-refractivity contribution in [2.45, 2.75) is 44.2 Å². The van der Waals surface area contributed by atoms with Crippen molar-refractivity contribution in [1.29, 1.82) is 0 Å². The molecule has 15 heavy (non-hydrogen) atoms. The fourth-order valence-corrected chi connectivity index (χ4v) is 1.71. The van der Waals surface area contributed by atoms with Crippen LogP contribution in [0.5, 0.6) is 0 Å². The van der Waals surface area contributed by atoms with E-state index in [4.69, 9.17) is 9.47 Å². The smallest absolute Gasteiger partial charge is 0.323 e. The standard InChI is InChI=1S/C10H19NO3S/c1-7(11-8(2)15)10(12)14-9-3-5-13-6-4-9/h7-9,11,15H,3-6H2,1-2H3/t7-,8?/m0/s1. The third kappa shape index (κ3) is 4.86. The molecule has 0 amide bonds. The highest BCUT2D eigenvalue weighted by Crippen LogP contribution is 2.11. The van der Waals surface area contributed by atoms with E-state index in [2.05, 4.69) is 17.9 Å². The molecule has 0 aromatic heterocycles. The maximum absolute atomic E-state index is 11.6. The van der Waals surface area contributed by atoms with E-state index in [1.54, 1.807) is 6.92 Å². The minimum Gasteiger partial charge on any atom is -0.461 e. The summed E-state index contributed by atoms with van der Waals surface area (Å²) in [5.74, 6) is -0.206. The quantitative estimate of drug-likeness (QED) is 0.431. The normalized spacial score (nSPS) is 22.1. The molecule has 0 bridgehead atoms. The van der Waals surface area contributed by atoms with Gasteiger partial charge in [0, 0.05) is 18.2 Å². The Bertz CT molecular complexity index is 205. The zero-order valence-corrected chi connectivity index (χ0v) is 10.1. The van der Waals surface area contributed by atoms with Gasteiger partial charge in [0.1, 0.15) is 12.1 Å². The Morgan fingerprint density at radius 2 is 2.07 bits per heavy atom. The minimum atomic E-state index is -0.305. The van der Waals surface area contributed by atoms with Gasteiger partial charge in [-0.05, 0) is 13.8 Å². The second kappa shape index (κ2) is 6.35. The minimum absolute atomic E-state index is 0.0118. The maximum Gasteiger partial charge on any atom is 0.323 e. The van der Waals surface area contributed by atoms with Crippen molar-refractivity contribution in [2.75, 3.05) is 13.2 Å². The molecule has 1 fully saturated rings. The van der Waals surface area contributed by atoms with Crippen LogP contribution >= 0.6 is 12.6 Å². The third-order valence-corrected chi connectivity index (χ3v) is 2.44. The fourth-order valence-electron chi connectivity index (χ4n) is 1.49. The van der Waals surface area contributed by atoms with E-state index in [-0.39, 0.29) is 23.5 Å². The van der Waals surface area contributed by atoms with Gasteiger partial charge in [-0.25, -0.2) is 0 Å². The molecule has 0 aliphatic carbocycles. The van der Waals surface area contributed by atoms with Crippen molar-refractivity contribution < 1.29 is 14.3 Å². The predicted octanol–water partition coefficient (Wildman–Crippen LogP) is 0.962. The molecule has 1 aliphatic heterocycles. The number of hydrogen-bond donors (Lipinski definition) is 2. The van der Waals surface area contributed by atoms with Crippen LogP contribution in [0.25, 0.3) is 0 Å². The van der Waals surface area contributed by atoms with Crippen molar-refractivity contribution >= 4 is 18.6 Å². The van der Waals surface area contributed by atoms with Crippen molar-refractivity contribution in [3.05, 3.63) is 0 Å². The van der Waals surface area contributed by atoms with Gasteiger partial charge in [0.2, 0.25) is 0 Å². The molecule has 0 aromatic carbocycles. The molecule has 1 aliphatic rings. The van der Waals surface area contributed by atoms with Gasteiger partial charge in [-0.3, -0.25) is 10.1 Å². The van der Waals surface area contributed by atoms with Gasteiger partial charge < -0.3 is 9.47 Å². The maximum atomic E-state index is 11.6. The second-order valence-corrected chi connectivity index (χ2v) is 4.59. The first kappa shape index (κ1) is 12.8. The molecule has 1 saturated heterocycles. The molecular formula is C10H19NO3S. The van der Waals surface area contributed by atoms with Gasteiger partial charge in [-0.1, -0.05) is 0 Å². The Kier molecular flexibility index (Phi) is 5.42.